The molecule has 0 heterocycles. The Kier molecular flexibility index (Phi) is 7.88. The van der Waals surface area contributed by atoms with Crippen molar-refractivity contribution in [1.82, 2.24) is 0 Å². The summed E-state index contributed by atoms with van der Waals surface area (Å²) in [4.78, 5) is 25.3. The van der Waals surface area contributed by atoms with Gasteiger partial charge in [-0.3, -0.25) is 9.59 Å². The lowest BCUT2D eigenvalue weighted by molar-refractivity contribution is -0.186. The zero-order chi connectivity index (χ0) is 19.8. The first-order valence-corrected chi connectivity index (χ1v) is 10.5. The van der Waals surface area contributed by atoms with Gasteiger partial charge < -0.3 is 9.84 Å². The minimum atomic E-state index is -1.38. The van der Waals surface area contributed by atoms with E-state index in [-0.39, 0.29) is 0 Å². The molecule has 0 aliphatic heterocycles. The number of benzene rings is 1. The van der Waals surface area contributed by atoms with Crippen LogP contribution >= 0.6 is 0 Å². The number of hydrogen-bond donors (Lipinski definition) is 1. The van der Waals surface area contributed by atoms with Crippen molar-refractivity contribution in [3.05, 3.63) is 35.9 Å². The second-order valence-corrected chi connectivity index (χ2v) is 7.90. The fraction of sp³-hybridized carbons (Fsp3) is 0.652. The lowest BCUT2D eigenvalue weighted by atomic mass is 9.73. The van der Waals surface area contributed by atoms with Crippen molar-refractivity contribution in [2.45, 2.75) is 90.1 Å². The fourth-order valence-electron chi connectivity index (χ4n) is 4.18. The number of rotatable bonds is 10. The van der Waals surface area contributed by atoms with Crippen molar-refractivity contribution in [2.24, 2.45) is 5.41 Å². The molecule has 0 saturated heterocycles. The number of ether oxygens (including phenoxy) is 1. The Morgan fingerprint density at radius 3 is 2.04 bits per heavy atom. The highest BCUT2D eigenvalue weighted by Crippen LogP contribution is 2.43. The van der Waals surface area contributed by atoms with Crippen molar-refractivity contribution in [3.63, 3.8) is 0 Å². The molecular formula is C23H34O4. The van der Waals surface area contributed by atoms with E-state index in [9.17, 15) is 14.7 Å². The molecule has 0 bridgehead atoms. The maximum absolute atomic E-state index is 13.3. The highest BCUT2D eigenvalue weighted by molar-refractivity contribution is 5.99. The van der Waals surface area contributed by atoms with Gasteiger partial charge in [-0.05, 0) is 44.1 Å². The van der Waals surface area contributed by atoms with Gasteiger partial charge in [-0.2, -0.15) is 0 Å². The summed E-state index contributed by atoms with van der Waals surface area (Å²) in [5.74, 6) is -1.56. The van der Waals surface area contributed by atoms with Crippen LogP contribution in [0.4, 0.5) is 0 Å². The van der Waals surface area contributed by atoms with Crippen LogP contribution < -0.4 is 0 Å². The average Bonchev–Trinajstić information content (AvgIpc) is 2.71. The average molecular weight is 375 g/mol. The largest absolute Gasteiger partial charge is 0.480 e. The van der Waals surface area contributed by atoms with Gasteiger partial charge in [-0.25, -0.2) is 0 Å². The topological polar surface area (TPSA) is 63.6 Å². The molecular weight excluding hydrogens is 340 g/mol. The van der Waals surface area contributed by atoms with Gasteiger partial charge in [0, 0.05) is 0 Å². The Labute approximate surface area is 163 Å². The van der Waals surface area contributed by atoms with Gasteiger partial charge in [-0.15, -0.1) is 0 Å². The summed E-state index contributed by atoms with van der Waals surface area (Å²) in [5, 5.41) is 9.88. The molecule has 4 nitrogen and oxygen atoms in total. The van der Waals surface area contributed by atoms with E-state index in [1.807, 2.05) is 30.3 Å². The third-order valence-electron chi connectivity index (χ3n) is 5.96. The lowest BCUT2D eigenvalue weighted by Crippen LogP contribution is -2.46. The zero-order valence-corrected chi connectivity index (χ0v) is 16.8. The van der Waals surface area contributed by atoms with Crippen LogP contribution in [0.2, 0.25) is 0 Å². The van der Waals surface area contributed by atoms with Gasteiger partial charge in [0.05, 0.1) is 0 Å². The molecule has 0 spiro atoms. The number of carboxylic acid groups (broad SMARTS) is 1. The summed E-state index contributed by atoms with van der Waals surface area (Å²) in [5.41, 5.74) is -1.13. The number of esters is 1. The van der Waals surface area contributed by atoms with E-state index in [1.54, 1.807) is 0 Å². The van der Waals surface area contributed by atoms with Crippen LogP contribution in [0.1, 0.15) is 90.0 Å². The van der Waals surface area contributed by atoms with Gasteiger partial charge in [0.15, 0.2) is 5.41 Å². The first-order chi connectivity index (χ1) is 13.0. The Balaban J connectivity index is 2.39. The van der Waals surface area contributed by atoms with E-state index >= 15 is 0 Å². The number of unbranched alkanes of at least 4 members (excludes halogenated alkanes) is 2. The number of carbonyl (C=O) groups excluding carboxylic acids is 1. The Morgan fingerprint density at radius 1 is 1.00 bits per heavy atom. The zero-order valence-electron chi connectivity index (χ0n) is 16.8. The molecule has 1 aliphatic rings. The van der Waals surface area contributed by atoms with Crippen molar-refractivity contribution >= 4 is 11.9 Å². The molecule has 0 amide bonds. The van der Waals surface area contributed by atoms with E-state index in [1.165, 1.54) is 0 Å². The second kappa shape index (κ2) is 9.91. The van der Waals surface area contributed by atoms with E-state index in [2.05, 4.69) is 13.8 Å². The molecule has 1 aliphatic carbocycles. The summed E-state index contributed by atoms with van der Waals surface area (Å²) in [6.07, 6.45) is 8.62. The first-order valence-electron chi connectivity index (χ1n) is 10.5. The predicted octanol–water partition coefficient (Wildman–Crippen LogP) is 5.84. The van der Waals surface area contributed by atoms with Crippen LogP contribution in [0.15, 0.2) is 30.3 Å². The summed E-state index contributed by atoms with van der Waals surface area (Å²) in [7, 11) is 0. The molecule has 0 unspecified atom stereocenters. The van der Waals surface area contributed by atoms with Gasteiger partial charge in [-0.1, -0.05) is 76.3 Å². The van der Waals surface area contributed by atoms with Crippen LogP contribution in [0.25, 0.3) is 0 Å². The lowest BCUT2D eigenvalue weighted by Gasteiger charge is -2.39. The number of hydrogen-bond acceptors (Lipinski definition) is 3. The normalized spacial score (nSPS) is 16.7. The van der Waals surface area contributed by atoms with Gasteiger partial charge in [0.1, 0.15) is 5.60 Å². The Bertz CT molecular complexity index is 594. The third-order valence-corrected chi connectivity index (χ3v) is 5.96. The Hall–Kier alpha value is -1.84. The quantitative estimate of drug-likeness (QED) is 0.413. The van der Waals surface area contributed by atoms with Crippen molar-refractivity contribution in [1.29, 1.82) is 0 Å². The molecule has 1 saturated carbocycles. The summed E-state index contributed by atoms with van der Waals surface area (Å²) >= 11 is 0. The number of aliphatic carboxylic acids is 1. The van der Waals surface area contributed by atoms with Crippen LogP contribution in [-0.4, -0.2) is 17.0 Å². The third kappa shape index (κ3) is 4.91. The van der Waals surface area contributed by atoms with Crippen LogP contribution in [0.5, 0.6) is 0 Å². The maximum Gasteiger partial charge on any atom is 0.324 e. The molecule has 0 radical (unpaired) electrons. The predicted molar refractivity (Wildman–Crippen MR) is 106 cm³/mol. The van der Waals surface area contributed by atoms with Crippen molar-refractivity contribution in [2.75, 3.05) is 0 Å². The molecule has 0 atom stereocenters. The summed E-state index contributed by atoms with van der Waals surface area (Å²) < 4.78 is 6.21. The molecule has 2 rings (SSSR count). The van der Waals surface area contributed by atoms with Crippen LogP contribution in [0.3, 0.4) is 0 Å². The second-order valence-electron chi connectivity index (χ2n) is 7.90. The molecule has 1 N–H and O–H groups in total. The van der Waals surface area contributed by atoms with Gasteiger partial charge >= 0.3 is 11.9 Å². The first kappa shape index (κ1) is 21.5. The maximum atomic E-state index is 13.3. The standard InChI is InChI=1S/C23H34O4/c1-3-5-17-23(18-6-4-2,19-13-9-7-10-14-19)27-21(26)22(20(24)25)15-11-8-12-16-22/h7,9-10,13-14H,3-6,8,11-12,15-18H2,1-2H3,(H,24,25). The van der Waals surface area contributed by atoms with Crippen LogP contribution in [-0.2, 0) is 19.9 Å². The van der Waals surface area contributed by atoms with E-state index < -0.39 is 23.0 Å². The smallest absolute Gasteiger partial charge is 0.324 e. The Morgan fingerprint density at radius 2 is 1.56 bits per heavy atom. The van der Waals surface area contributed by atoms with Crippen molar-refractivity contribution < 1.29 is 19.4 Å². The SMILES string of the molecule is CCCCC(CCCC)(OC(=O)C1(C(=O)O)CCCCC1)c1ccccc1. The molecule has 1 fully saturated rings. The molecule has 150 valence electrons. The highest BCUT2D eigenvalue weighted by atomic mass is 16.6. The molecule has 27 heavy (non-hydrogen) atoms. The molecule has 4 heteroatoms. The minimum Gasteiger partial charge on any atom is -0.480 e. The molecule has 0 aromatic heterocycles. The fourth-order valence-corrected chi connectivity index (χ4v) is 4.18. The number of carbonyl (C=O) groups is 2. The molecule has 1 aromatic carbocycles. The monoisotopic (exact) mass is 374 g/mol. The van der Waals surface area contributed by atoms with E-state index in [0.29, 0.717) is 12.8 Å². The van der Waals surface area contributed by atoms with Gasteiger partial charge in [0.25, 0.3) is 0 Å². The number of carboxylic acids is 1. The van der Waals surface area contributed by atoms with Crippen molar-refractivity contribution in [3.8, 4) is 0 Å². The highest BCUT2D eigenvalue weighted by Gasteiger charge is 2.51. The van der Waals surface area contributed by atoms with E-state index in [4.69, 9.17) is 4.74 Å². The summed E-state index contributed by atoms with van der Waals surface area (Å²) in [6, 6.07) is 9.89. The van der Waals surface area contributed by atoms with Gasteiger partial charge in [0.2, 0.25) is 0 Å². The molecule has 1 aromatic rings. The van der Waals surface area contributed by atoms with Crippen LogP contribution in [0, 0.1) is 5.41 Å². The summed E-state index contributed by atoms with van der Waals surface area (Å²) in [6.45, 7) is 4.24. The minimum absolute atomic E-state index is 0.383. The van der Waals surface area contributed by atoms with E-state index in [0.717, 1.165) is 63.4 Å².